The van der Waals surface area contributed by atoms with Gasteiger partial charge in [-0.05, 0) is 56.3 Å². The van der Waals surface area contributed by atoms with E-state index in [1.165, 1.54) is 19.2 Å². The van der Waals surface area contributed by atoms with Crippen LogP contribution in [0.25, 0.3) is 0 Å². The van der Waals surface area contributed by atoms with E-state index in [-0.39, 0.29) is 24.0 Å². The quantitative estimate of drug-likeness (QED) is 0.166. The Hall–Kier alpha value is -5.03. The van der Waals surface area contributed by atoms with Gasteiger partial charge >= 0.3 is 29.8 Å². The van der Waals surface area contributed by atoms with E-state index in [1.54, 1.807) is 24.3 Å². The lowest BCUT2D eigenvalue weighted by Crippen LogP contribution is -2.74. The van der Waals surface area contributed by atoms with Gasteiger partial charge in [-0.25, -0.2) is 14.4 Å². The lowest BCUT2D eigenvalue weighted by molar-refractivity contribution is -0.177. The number of carbonyl (C=O) groups is 5. The van der Waals surface area contributed by atoms with E-state index in [4.69, 9.17) is 29.2 Å². The zero-order valence-electron chi connectivity index (χ0n) is 27.3. The first kappa shape index (κ1) is 36.3. The van der Waals surface area contributed by atoms with E-state index in [0.717, 1.165) is 18.1 Å². The number of hydrogen-bond acceptors (Lipinski definition) is 14. The highest BCUT2D eigenvalue weighted by atomic mass is 16.6. The van der Waals surface area contributed by atoms with E-state index >= 15 is 0 Å². The number of hydrogen-bond donors (Lipinski definition) is 5. The number of esters is 3. The number of rotatable bonds is 10. The molecule has 2 heterocycles. The van der Waals surface area contributed by atoms with Gasteiger partial charge in [0.15, 0.2) is 29.8 Å². The molecule has 0 amide bonds. The van der Waals surface area contributed by atoms with Crippen molar-refractivity contribution in [2.45, 2.75) is 74.1 Å². The van der Waals surface area contributed by atoms with Crippen molar-refractivity contribution < 1.29 is 73.2 Å². The number of aliphatic hydroxyl groups excluding tert-OH is 2. The van der Waals surface area contributed by atoms with Crippen molar-refractivity contribution in [1.29, 1.82) is 0 Å². The van der Waals surface area contributed by atoms with E-state index in [0.29, 0.717) is 30.9 Å². The number of likely N-dealkylation sites (tertiary alicyclic amines) is 1. The predicted molar refractivity (Wildman–Crippen MR) is 167 cm³/mol. The van der Waals surface area contributed by atoms with Crippen molar-refractivity contribution in [3.05, 3.63) is 65.4 Å². The van der Waals surface area contributed by atoms with Crippen molar-refractivity contribution in [3.63, 3.8) is 0 Å². The molecule has 6 rings (SSSR count). The molecule has 0 radical (unpaired) electrons. The van der Waals surface area contributed by atoms with Gasteiger partial charge in [-0.15, -0.1) is 0 Å². The third kappa shape index (κ3) is 6.37. The van der Waals surface area contributed by atoms with Gasteiger partial charge in [-0.3, -0.25) is 9.59 Å². The van der Waals surface area contributed by atoms with Crippen LogP contribution in [0.4, 0.5) is 0 Å². The Morgan fingerprint density at radius 1 is 1.00 bits per heavy atom. The van der Waals surface area contributed by atoms with Gasteiger partial charge in [-0.1, -0.05) is 24.3 Å². The Balaban J connectivity index is 0.000000349. The molecule has 2 aliphatic heterocycles. The van der Waals surface area contributed by atoms with Gasteiger partial charge < -0.3 is 54.1 Å². The standard InChI is InChI=1S/C28H29NO9.C6H8O6/c1-29-13-12-27-20-15-8-9-17(35-2)23(20)38-24(27)18(10-11-28(27,34)19(29)14-15)37-26(33)22(31)21(30)25(32)36-16-6-4-3-5-7-16;1-3(7)12-4(6(10)11)2-5(8)9/h3-10,19,21-22,24,30-31,34H,11-14H2,1-2H3;4H,2H2,1H3,(H,8,9)(H,10,11)/t19-,21-,22-,24+,27+,28-;/m1./s1. The molecular weight excluding hydrogens is 662 g/mol. The first-order valence-corrected chi connectivity index (χ1v) is 15.6. The summed E-state index contributed by atoms with van der Waals surface area (Å²) in [6.45, 7) is 1.70. The minimum atomic E-state index is -2.20. The van der Waals surface area contributed by atoms with Crippen LogP contribution in [0, 0.1) is 0 Å². The van der Waals surface area contributed by atoms with Gasteiger partial charge in [0.2, 0.25) is 6.10 Å². The molecule has 0 aromatic heterocycles. The van der Waals surface area contributed by atoms with Crippen LogP contribution in [0.2, 0.25) is 0 Å². The van der Waals surface area contributed by atoms with Crippen LogP contribution in [0.5, 0.6) is 17.2 Å². The zero-order chi connectivity index (χ0) is 36.5. The molecule has 1 saturated heterocycles. The molecule has 268 valence electrons. The minimum Gasteiger partial charge on any atom is -0.493 e. The highest BCUT2D eigenvalue weighted by Gasteiger charge is 2.72. The topological polar surface area (TPSA) is 236 Å². The summed E-state index contributed by atoms with van der Waals surface area (Å²) in [5.74, 6) is -4.76. The van der Waals surface area contributed by atoms with Crippen molar-refractivity contribution in [3.8, 4) is 17.2 Å². The van der Waals surface area contributed by atoms with Gasteiger partial charge in [0, 0.05) is 24.9 Å². The third-order valence-electron chi connectivity index (χ3n) is 9.46. The summed E-state index contributed by atoms with van der Waals surface area (Å²) in [6.07, 6.45) is -4.60. The number of aliphatic hydroxyl groups is 3. The fourth-order valence-electron chi connectivity index (χ4n) is 7.23. The summed E-state index contributed by atoms with van der Waals surface area (Å²) in [4.78, 5) is 57.9. The number of ether oxygens (including phenoxy) is 5. The molecule has 1 unspecified atom stereocenters. The maximum atomic E-state index is 12.9. The van der Waals surface area contributed by atoms with Crippen molar-refractivity contribution in [2.24, 2.45) is 0 Å². The molecule has 5 N–H and O–H groups in total. The molecule has 50 heavy (non-hydrogen) atoms. The summed E-state index contributed by atoms with van der Waals surface area (Å²) in [7, 11) is 3.53. The smallest absolute Gasteiger partial charge is 0.345 e. The first-order chi connectivity index (χ1) is 23.6. The Morgan fingerprint density at radius 3 is 2.26 bits per heavy atom. The Labute approximate surface area is 285 Å². The number of carbonyl (C=O) groups excluding carboxylic acids is 3. The van der Waals surface area contributed by atoms with E-state index in [1.807, 2.05) is 19.2 Å². The van der Waals surface area contributed by atoms with Crippen LogP contribution in [0.3, 0.4) is 0 Å². The van der Waals surface area contributed by atoms with E-state index in [9.17, 15) is 39.3 Å². The predicted octanol–water partition coefficient (Wildman–Crippen LogP) is 0.321. The number of benzene rings is 2. The highest BCUT2D eigenvalue weighted by Crippen LogP contribution is 2.65. The summed E-state index contributed by atoms with van der Waals surface area (Å²) in [5.41, 5.74) is -0.191. The maximum absolute atomic E-state index is 12.9. The lowest BCUT2D eigenvalue weighted by atomic mass is 9.50. The van der Waals surface area contributed by atoms with Crippen LogP contribution >= 0.6 is 0 Å². The monoisotopic (exact) mass is 699 g/mol. The lowest BCUT2D eigenvalue weighted by Gasteiger charge is -2.61. The zero-order valence-corrected chi connectivity index (χ0v) is 27.3. The van der Waals surface area contributed by atoms with E-state index in [2.05, 4.69) is 9.64 Å². The number of aliphatic carboxylic acids is 2. The molecule has 2 bridgehead atoms. The molecule has 16 nitrogen and oxygen atoms in total. The number of carboxylic acid groups (broad SMARTS) is 2. The number of nitrogens with zero attached hydrogens (tertiary/aromatic N) is 1. The molecule has 2 aliphatic carbocycles. The molecule has 0 saturated carbocycles. The van der Waals surface area contributed by atoms with Crippen LogP contribution in [-0.4, -0.2) is 117 Å². The third-order valence-corrected chi connectivity index (χ3v) is 9.46. The average Bonchev–Trinajstić information content (AvgIpc) is 3.43. The van der Waals surface area contributed by atoms with Crippen LogP contribution in [-0.2, 0) is 45.3 Å². The minimum absolute atomic E-state index is 0.108. The number of piperidine rings is 1. The molecule has 7 atom stereocenters. The molecule has 2 aromatic carbocycles. The second-order valence-electron chi connectivity index (χ2n) is 12.4. The number of para-hydroxylation sites is 1. The summed E-state index contributed by atoms with van der Waals surface area (Å²) in [6, 6.07) is 11.6. The molecule has 1 fully saturated rings. The van der Waals surface area contributed by atoms with Gasteiger partial charge in [0.25, 0.3) is 0 Å². The van der Waals surface area contributed by atoms with Crippen LogP contribution in [0.15, 0.2) is 54.3 Å². The Bertz CT molecular complexity index is 1690. The fourth-order valence-corrected chi connectivity index (χ4v) is 7.23. The normalized spacial score (nSPS) is 25.8. The summed E-state index contributed by atoms with van der Waals surface area (Å²) in [5, 5.41) is 49.5. The fraction of sp³-hybridized carbons (Fsp3) is 0.441. The number of carboxylic acids is 2. The second-order valence-corrected chi connectivity index (χ2v) is 12.4. The summed E-state index contributed by atoms with van der Waals surface area (Å²) < 4.78 is 26.8. The van der Waals surface area contributed by atoms with Crippen LogP contribution in [0.1, 0.15) is 37.3 Å². The van der Waals surface area contributed by atoms with Crippen molar-refractivity contribution in [2.75, 3.05) is 20.7 Å². The largest absolute Gasteiger partial charge is 0.493 e. The van der Waals surface area contributed by atoms with Crippen molar-refractivity contribution >= 4 is 29.8 Å². The Kier molecular flexibility index (Phi) is 10.2. The summed E-state index contributed by atoms with van der Waals surface area (Å²) >= 11 is 0. The molecule has 4 aliphatic rings. The second kappa shape index (κ2) is 14.1. The van der Waals surface area contributed by atoms with Gasteiger partial charge in [0.05, 0.1) is 24.5 Å². The Morgan fingerprint density at radius 2 is 1.66 bits per heavy atom. The number of methoxy groups -OCH3 is 1. The van der Waals surface area contributed by atoms with Crippen molar-refractivity contribution in [1.82, 2.24) is 4.90 Å². The SMILES string of the molecule is CC(=O)OC(CC(=O)O)C(=O)O.COc1ccc2c3c1O[C@H]1C(OC(=O)[C@H](O)[C@@H](O)C(=O)Oc4ccccc4)=CC[C@@]4(O)[C@@H](C2)N(C)CC[C@]314. The first-order valence-electron chi connectivity index (χ1n) is 15.6. The average molecular weight is 700 g/mol. The molecule has 16 heteroatoms. The number of likely N-dealkylation sites (N-methyl/N-ethyl adjacent to an activating group) is 1. The van der Waals surface area contributed by atoms with Crippen LogP contribution < -0.4 is 14.2 Å². The molecular formula is C34H37NO15. The van der Waals surface area contributed by atoms with Gasteiger partial charge in [0.1, 0.15) is 11.5 Å². The molecule has 2 aromatic rings. The van der Waals surface area contributed by atoms with E-state index < -0.39 is 71.7 Å². The maximum Gasteiger partial charge on any atom is 0.345 e. The highest BCUT2D eigenvalue weighted by molar-refractivity contribution is 5.87. The van der Waals surface area contributed by atoms with Gasteiger partial charge in [-0.2, -0.15) is 0 Å². The molecule has 1 spiro atoms.